The van der Waals surface area contributed by atoms with Crippen LogP contribution >= 0.6 is 0 Å². The van der Waals surface area contributed by atoms with Crippen LogP contribution < -0.4 is 0 Å². The van der Waals surface area contributed by atoms with Crippen LogP contribution in [0.5, 0.6) is 0 Å². The Kier molecular flexibility index (Phi) is 3.05. The number of ether oxygens (including phenoxy) is 1. The lowest BCUT2D eigenvalue weighted by atomic mass is 9.84. The molecular formula is C12H22O2. The van der Waals surface area contributed by atoms with Crippen molar-refractivity contribution in [3.05, 3.63) is 0 Å². The normalized spacial score (nSPS) is 26.9. The molecule has 2 nitrogen and oxygen atoms in total. The van der Waals surface area contributed by atoms with Gasteiger partial charge in [-0.2, -0.15) is 0 Å². The number of ketones is 1. The Bertz CT molecular complexity index is 223. The van der Waals surface area contributed by atoms with Crippen molar-refractivity contribution in [1.82, 2.24) is 0 Å². The number of rotatable bonds is 2. The highest BCUT2D eigenvalue weighted by Gasteiger charge is 2.41. The fraction of sp³-hybridized carbons (Fsp3) is 0.917. The van der Waals surface area contributed by atoms with Crippen LogP contribution in [0.25, 0.3) is 0 Å². The number of carbonyl (C=O) groups is 1. The van der Waals surface area contributed by atoms with Crippen LogP contribution in [0.4, 0.5) is 0 Å². The minimum absolute atomic E-state index is 0.129. The Hall–Kier alpha value is -0.370. The molecule has 0 aromatic heterocycles. The molecule has 0 aromatic rings. The average molecular weight is 198 g/mol. The van der Waals surface area contributed by atoms with Gasteiger partial charge in [-0.1, -0.05) is 20.8 Å². The Morgan fingerprint density at radius 1 is 1.43 bits per heavy atom. The van der Waals surface area contributed by atoms with E-state index in [1.807, 2.05) is 13.8 Å². The molecule has 0 spiro atoms. The first-order valence-electron chi connectivity index (χ1n) is 5.41. The molecule has 2 heteroatoms. The average Bonchev–Trinajstić information content (AvgIpc) is 2.24. The lowest BCUT2D eigenvalue weighted by Crippen LogP contribution is -2.30. The Balaban J connectivity index is 2.46. The summed E-state index contributed by atoms with van der Waals surface area (Å²) in [7, 11) is 0. The van der Waals surface area contributed by atoms with Gasteiger partial charge in [-0.25, -0.2) is 0 Å². The van der Waals surface area contributed by atoms with Crippen molar-refractivity contribution >= 4 is 5.78 Å². The summed E-state index contributed by atoms with van der Waals surface area (Å²) >= 11 is 0. The van der Waals surface area contributed by atoms with Gasteiger partial charge in [0, 0.05) is 5.92 Å². The number of carbonyl (C=O) groups excluding carboxylic acids is 1. The first kappa shape index (κ1) is 11.7. The van der Waals surface area contributed by atoms with Crippen LogP contribution in [0.2, 0.25) is 0 Å². The largest absolute Gasteiger partial charge is 0.367 e. The second-order valence-corrected chi connectivity index (χ2v) is 5.98. The molecule has 0 N–H and O–H groups in total. The molecule has 1 saturated heterocycles. The number of hydrogen-bond acceptors (Lipinski definition) is 2. The summed E-state index contributed by atoms with van der Waals surface area (Å²) in [5.74, 6) is 0.408. The van der Waals surface area contributed by atoms with Gasteiger partial charge in [-0.05, 0) is 32.1 Å². The van der Waals surface area contributed by atoms with Gasteiger partial charge in [0.2, 0.25) is 0 Å². The molecule has 14 heavy (non-hydrogen) atoms. The van der Waals surface area contributed by atoms with E-state index >= 15 is 0 Å². The summed E-state index contributed by atoms with van der Waals surface area (Å²) < 4.78 is 5.48. The van der Waals surface area contributed by atoms with Crippen molar-refractivity contribution in [3.63, 3.8) is 0 Å². The van der Waals surface area contributed by atoms with E-state index in [4.69, 9.17) is 4.74 Å². The quantitative estimate of drug-likeness (QED) is 0.682. The van der Waals surface area contributed by atoms with Gasteiger partial charge in [0.1, 0.15) is 5.60 Å². The Morgan fingerprint density at radius 3 is 2.36 bits per heavy atom. The van der Waals surface area contributed by atoms with Gasteiger partial charge in [0.25, 0.3) is 0 Å². The third kappa shape index (κ3) is 2.81. The maximum Gasteiger partial charge on any atom is 0.169 e. The molecular weight excluding hydrogens is 176 g/mol. The van der Waals surface area contributed by atoms with Gasteiger partial charge in [0.05, 0.1) is 6.61 Å². The number of Topliss-reactive ketones (excluding diaryl/α,β-unsaturated/α-hetero) is 1. The lowest BCUT2D eigenvalue weighted by Gasteiger charge is -2.20. The Morgan fingerprint density at radius 2 is 2.00 bits per heavy atom. The molecule has 0 radical (unpaired) electrons. The smallest absolute Gasteiger partial charge is 0.169 e. The first-order chi connectivity index (χ1) is 6.22. The minimum Gasteiger partial charge on any atom is -0.367 e. The predicted octanol–water partition coefficient (Wildman–Crippen LogP) is 2.81. The summed E-state index contributed by atoms with van der Waals surface area (Å²) in [4.78, 5) is 11.8. The highest BCUT2D eigenvalue weighted by atomic mass is 16.5. The predicted molar refractivity (Wildman–Crippen MR) is 57.2 cm³/mol. The van der Waals surface area contributed by atoms with Gasteiger partial charge < -0.3 is 4.74 Å². The summed E-state index contributed by atoms with van der Waals surface area (Å²) in [6.45, 7) is 11.0. The number of hydrogen-bond donors (Lipinski definition) is 0. The van der Waals surface area contributed by atoms with E-state index in [9.17, 15) is 4.79 Å². The molecule has 1 unspecified atom stereocenters. The molecule has 1 heterocycles. The summed E-state index contributed by atoms with van der Waals surface area (Å²) in [5, 5.41) is 0. The van der Waals surface area contributed by atoms with Gasteiger partial charge in [-0.15, -0.1) is 0 Å². The third-order valence-corrected chi connectivity index (χ3v) is 2.85. The van der Waals surface area contributed by atoms with E-state index in [0.29, 0.717) is 12.0 Å². The monoisotopic (exact) mass is 198 g/mol. The zero-order chi connectivity index (χ0) is 11.0. The molecule has 82 valence electrons. The van der Waals surface area contributed by atoms with Crippen LogP contribution in [0.1, 0.15) is 47.5 Å². The van der Waals surface area contributed by atoms with Crippen LogP contribution in [0.15, 0.2) is 0 Å². The maximum atomic E-state index is 11.8. The molecule has 1 atom stereocenters. The van der Waals surface area contributed by atoms with E-state index in [0.717, 1.165) is 12.8 Å². The molecule has 1 fully saturated rings. The standard InChI is InChI=1S/C12H22O2/c1-11(2,3)7-6-9-8-14-12(4,5)10(9)13/h9H,6-8H2,1-5H3. The van der Waals surface area contributed by atoms with Gasteiger partial charge in [0.15, 0.2) is 5.78 Å². The Labute approximate surface area is 87.0 Å². The summed E-state index contributed by atoms with van der Waals surface area (Å²) in [6, 6.07) is 0. The van der Waals surface area contributed by atoms with Crippen LogP contribution in [0.3, 0.4) is 0 Å². The summed E-state index contributed by atoms with van der Waals surface area (Å²) in [5.41, 5.74) is -0.227. The van der Waals surface area contributed by atoms with Gasteiger partial charge >= 0.3 is 0 Å². The van der Waals surface area contributed by atoms with Crippen LogP contribution in [-0.4, -0.2) is 18.0 Å². The SMILES string of the molecule is CC(C)(C)CCC1COC(C)(C)C1=O. The second kappa shape index (κ2) is 3.65. The van der Waals surface area contributed by atoms with Crippen molar-refractivity contribution in [2.24, 2.45) is 11.3 Å². The lowest BCUT2D eigenvalue weighted by molar-refractivity contribution is -0.130. The minimum atomic E-state index is -0.539. The third-order valence-electron chi connectivity index (χ3n) is 2.85. The van der Waals surface area contributed by atoms with Gasteiger partial charge in [-0.3, -0.25) is 4.79 Å². The van der Waals surface area contributed by atoms with Crippen molar-refractivity contribution < 1.29 is 9.53 Å². The molecule has 1 aliphatic heterocycles. The molecule has 0 saturated carbocycles. The molecule has 1 aliphatic rings. The second-order valence-electron chi connectivity index (χ2n) is 5.98. The van der Waals surface area contributed by atoms with E-state index in [2.05, 4.69) is 20.8 Å². The molecule has 1 rings (SSSR count). The van der Waals surface area contributed by atoms with Crippen molar-refractivity contribution in [2.75, 3.05) is 6.61 Å². The molecule has 0 amide bonds. The van der Waals surface area contributed by atoms with Crippen molar-refractivity contribution in [1.29, 1.82) is 0 Å². The zero-order valence-corrected chi connectivity index (χ0v) is 10.0. The highest BCUT2D eigenvalue weighted by Crippen LogP contribution is 2.31. The maximum absolute atomic E-state index is 11.8. The fourth-order valence-electron chi connectivity index (χ4n) is 1.77. The fourth-order valence-corrected chi connectivity index (χ4v) is 1.77. The zero-order valence-electron chi connectivity index (χ0n) is 10.0. The van der Waals surface area contributed by atoms with Crippen LogP contribution in [-0.2, 0) is 9.53 Å². The van der Waals surface area contributed by atoms with Crippen molar-refractivity contribution in [2.45, 2.75) is 53.1 Å². The highest BCUT2D eigenvalue weighted by molar-refractivity contribution is 5.90. The van der Waals surface area contributed by atoms with Crippen LogP contribution in [0, 0.1) is 11.3 Å². The molecule has 0 bridgehead atoms. The summed E-state index contributed by atoms with van der Waals surface area (Å²) in [6.07, 6.45) is 2.05. The van der Waals surface area contributed by atoms with E-state index in [1.54, 1.807) is 0 Å². The topological polar surface area (TPSA) is 26.3 Å². The molecule has 0 aliphatic carbocycles. The molecule has 0 aromatic carbocycles. The van der Waals surface area contributed by atoms with E-state index < -0.39 is 5.60 Å². The van der Waals surface area contributed by atoms with Crippen molar-refractivity contribution in [3.8, 4) is 0 Å². The van der Waals surface area contributed by atoms with E-state index in [1.165, 1.54) is 0 Å². The first-order valence-corrected chi connectivity index (χ1v) is 5.41. The van der Waals surface area contributed by atoms with E-state index in [-0.39, 0.29) is 11.7 Å².